The van der Waals surface area contributed by atoms with Crippen molar-refractivity contribution in [1.29, 1.82) is 0 Å². The molecule has 20 atom stereocenters. The van der Waals surface area contributed by atoms with Crippen LogP contribution in [-0.4, -0.2) is 180 Å². The summed E-state index contributed by atoms with van der Waals surface area (Å²) in [6.07, 6.45) is -18.1. The van der Waals surface area contributed by atoms with Gasteiger partial charge in [-0.05, 0) is 30.5 Å². The fourth-order valence-electron chi connectivity index (χ4n) is 7.48. The van der Waals surface area contributed by atoms with E-state index in [0.29, 0.717) is 12.8 Å². The van der Waals surface area contributed by atoms with Crippen molar-refractivity contribution in [1.82, 2.24) is 0 Å². The van der Waals surface area contributed by atoms with Crippen molar-refractivity contribution in [3.8, 4) is 5.75 Å². The maximum Gasteiger partial charge on any atom is 0.187 e. The zero-order valence-electron chi connectivity index (χ0n) is 29.3. The Bertz CT molecular complexity index is 1310. The van der Waals surface area contributed by atoms with Gasteiger partial charge in [-0.1, -0.05) is 12.1 Å². The fraction of sp³-hybridized carbons (Fsp3) is 0.818. The molecule has 4 heterocycles. The number of nitrogens with two attached hydrogens (primary N) is 5. The Morgan fingerprint density at radius 2 is 1.34 bits per heavy atom. The van der Waals surface area contributed by atoms with Gasteiger partial charge in [-0.25, -0.2) is 0 Å². The van der Waals surface area contributed by atoms with Crippen LogP contribution in [0.2, 0.25) is 0 Å². The Hall–Kier alpha value is -1.74. The number of fused-ring (bicyclic) bond motifs is 1. The van der Waals surface area contributed by atoms with Crippen molar-refractivity contribution < 1.29 is 73.3 Å². The molecule has 0 amide bonds. The molecule has 20 heteroatoms. The second-order valence-electron chi connectivity index (χ2n) is 14.3. The lowest BCUT2D eigenvalue weighted by atomic mass is 9.84. The van der Waals surface area contributed by atoms with Gasteiger partial charge in [-0.15, -0.1) is 0 Å². The van der Waals surface area contributed by atoms with Crippen molar-refractivity contribution in [2.24, 2.45) is 28.7 Å². The van der Waals surface area contributed by atoms with Crippen LogP contribution >= 0.6 is 0 Å². The van der Waals surface area contributed by atoms with E-state index < -0.39 is 129 Å². The predicted octanol–water partition coefficient (Wildman–Crippen LogP) is -5.83. The molecule has 1 saturated carbocycles. The summed E-state index contributed by atoms with van der Waals surface area (Å²) in [6, 6.07) is 3.58. The lowest BCUT2D eigenvalue weighted by molar-refractivity contribution is -0.354. The summed E-state index contributed by atoms with van der Waals surface area (Å²) in [5.74, 6) is 0.750. The molecular weight excluding hydrogens is 706 g/mol. The van der Waals surface area contributed by atoms with Crippen molar-refractivity contribution in [2.75, 3.05) is 26.9 Å². The first-order chi connectivity index (χ1) is 25.3. The standard InChI is InChI=1S/C33H55N5O15/c1-45-13-5-2-12(3-6-13)4-7-19-46-11-18-29(50-19)25(43)21(38)32(49-18)51-27-15(36)8-14(35)22(40)30(27)53-33-26(44)28(17(10-39)48-33)52-31-20(37)24(42)23(41)16(9-34)47-31/h2-3,5-6,14-33,39-44H,4,7-11,34-38H2,1H3/t14-,15+,16+,17+,18+,19+,20-,21+,22+,23-,24-,25+,26+,27-,28+,29+,30-,31-,32+,33-/m0/s1. The highest BCUT2D eigenvalue weighted by Gasteiger charge is 2.55. The van der Waals surface area contributed by atoms with Gasteiger partial charge in [0.15, 0.2) is 25.2 Å². The molecular formula is C33H55N5O15. The van der Waals surface area contributed by atoms with E-state index in [9.17, 15) is 30.6 Å². The SMILES string of the molecule is COc1ccc(CC[C@@H]2OC[C@H]3O[C@H](O[C@@H]4[C@@H](O[C@@H]5O[C@H](CO)[C@@H](O[C@@H]6O[C@H](CN)[C@H](O)[C@@H](O)[C@@H]6N)[C@H]5O)[C@H](O)[C@@H](N)C[C@H]4N)[C@H](N)[C@@H](O)[C@@H]3O2)cc1. The Balaban J connectivity index is 1.09. The van der Waals surface area contributed by atoms with Gasteiger partial charge < -0.3 is 102 Å². The van der Waals surface area contributed by atoms with E-state index >= 15 is 0 Å². The van der Waals surface area contributed by atoms with Crippen LogP contribution in [-0.2, 0) is 44.3 Å². The second-order valence-corrected chi connectivity index (χ2v) is 14.3. The normalized spacial score (nSPS) is 47.6. The third-order valence-electron chi connectivity index (χ3n) is 10.7. The van der Waals surface area contributed by atoms with Crippen molar-refractivity contribution in [3.63, 3.8) is 0 Å². The molecule has 0 bridgehead atoms. The van der Waals surface area contributed by atoms with Crippen LogP contribution < -0.4 is 33.4 Å². The molecule has 0 unspecified atom stereocenters. The molecule has 20 nitrogen and oxygen atoms in total. The molecule has 302 valence electrons. The van der Waals surface area contributed by atoms with Crippen LogP contribution in [0.1, 0.15) is 18.4 Å². The molecule has 1 aromatic carbocycles. The highest BCUT2D eigenvalue weighted by molar-refractivity contribution is 5.27. The number of aliphatic hydroxyl groups is 6. The van der Waals surface area contributed by atoms with Gasteiger partial charge in [-0.3, -0.25) is 0 Å². The van der Waals surface area contributed by atoms with Gasteiger partial charge in [0.1, 0.15) is 72.9 Å². The maximum absolute atomic E-state index is 11.3. The summed E-state index contributed by atoms with van der Waals surface area (Å²) in [7, 11) is 1.60. The second kappa shape index (κ2) is 17.6. The van der Waals surface area contributed by atoms with Gasteiger partial charge in [0.05, 0.1) is 38.5 Å². The lowest BCUT2D eigenvalue weighted by Gasteiger charge is -2.49. The number of aliphatic hydroxyl groups excluding tert-OH is 6. The van der Waals surface area contributed by atoms with Gasteiger partial charge in [0.2, 0.25) is 0 Å². The minimum Gasteiger partial charge on any atom is -0.497 e. The van der Waals surface area contributed by atoms with Crippen LogP contribution in [0, 0.1) is 0 Å². The molecule has 53 heavy (non-hydrogen) atoms. The first-order valence-corrected chi connectivity index (χ1v) is 17.9. The number of methoxy groups -OCH3 is 1. The summed E-state index contributed by atoms with van der Waals surface area (Å²) >= 11 is 0. The summed E-state index contributed by atoms with van der Waals surface area (Å²) in [6.45, 7) is -0.725. The molecule has 0 radical (unpaired) electrons. The Morgan fingerprint density at radius 3 is 2.02 bits per heavy atom. The fourth-order valence-corrected chi connectivity index (χ4v) is 7.48. The van der Waals surface area contributed by atoms with Crippen LogP contribution in [0.5, 0.6) is 5.75 Å². The zero-order chi connectivity index (χ0) is 38.1. The topological polar surface area (TPSA) is 335 Å². The average molecular weight is 762 g/mol. The van der Waals surface area contributed by atoms with Crippen molar-refractivity contribution >= 4 is 0 Å². The molecule has 16 N–H and O–H groups in total. The van der Waals surface area contributed by atoms with E-state index in [-0.39, 0.29) is 19.6 Å². The zero-order valence-corrected chi connectivity index (χ0v) is 29.3. The van der Waals surface area contributed by atoms with Crippen molar-refractivity contribution in [3.05, 3.63) is 29.8 Å². The number of benzene rings is 1. The Morgan fingerprint density at radius 1 is 0.698 bits per heavy atom. The molecule has 1 aliphatic carbocycles. The number of hydrogen-bond acceptors (Lipinski definition) is 20. The molecule has 4 saturated heterocycles. The summed E-state index contributed by atoms with van der Waals surface area (Å²) in [5, 5.41) is 64.5. The van der Waals surface area contributed by atoms with E-state index in [4.69, 9.17) is 71.3 Å². The first kappa shape index (κ1) is 40.9. The van der Waals surface area contributed by atoms with Crippen molar-refractivity contribution in [2.45, 2.75) is 142 Å². The summed E-state index contributed by atoms with van der Waals surface area (Å²) in [5.41, 5.74) is 31.9. The van der Waals surface area contributed by atoms with Crippen LogP contribution in [0.25, 0.3) is 0 Å². The molecule has 6 rings (SSSR count). The van der Waals surface area contributed by atoms with Gasteiger partial charge >= 0.3 is 0 Å². The van der Waals surface area contributed by atoms with E-state index in [0.717, 1.165) is 11.3 Å². The highest BCUT2D eigenvalue weighted by Crippen LogP contribution is 2.35. The third-order valence-corrected chi connectivity index (χ3v) is 10.7. The van der Waals surface area contributed by atoms with Gasteiger partial charge in [0.25, 0.3) is 0 Å². The molecule has 5 aliphatic rings. The highest BCUT2D eigenvalue weighted by atomic mass is 16.8. The van der Waals surface area contributed by atoms with E-state index in [2.05, 4.69) is 0 Å². The van der Waals surface area contributed by atoms with Crippen LogP contribution in [0.3, 0.4) is 0 Å². The quantitative estimate of drug-likeness (QED) is 0.0945. The van der Waals surface area contributed by atoms with E-state index in [1.54, 1.807) is 7.11 Å². The molecule has 0 spiro atoms. The molecule has 4 aliphatic heterocycles. The van der Waals surface area contributed by atoms with E-state index in [1.165, 1.54) is 0 Å². The molecule has 5 fully saturated rings. The van der Waals surface area contributed by atoms with E-state index in [1.807, 2.05) is 24.3 Å². The Kier molecular flexibility index (Phi) is 13.6. The minimum atomic E-state index is -1.60. The predicted molar refractivity (Wildman–Crippen MR) is 179 cm³/mol. The Labute approximate surface area is 306 Å². The number of rotatable bonds is 12. The average Bonchev–Trinajstić information content (AvgIpc) is 3.46. The smallest absolute Gasteiger partial charge is 0.187 e. The van der Waals surface area contributed by atoms with Gasteiger partial charge in [0, 0.05) is 25.0 Å². The van der Waals surface area contributed by atoms with Gasteiger partial charge in [-0.2, -0.15) is 0 Å². The molecule has 0 aromatic heterocycles. The maximum atomic E-state index is 11.3. The number of aryl methyl sites for hydroxylation is 1. The van der Waals surface area contributed by atoms with Crippen LogP contribution in [0.15, 0.2) is 24.3 Å². The third kappa shape index (κ3) is 8.66. The minimum absolute atomic E-state index is 0.0775. The number of ether oxygens (including phenoxy) is 9. The first-order valence-electron chi connectivity index (χ1n) is 17.9. The largest absolute Gasteiger partial charge is 0.497 e. The monoisotopic (exact) mass is 761 g/mol. The molecule has 1 aromatic rings. The number of hydrogen-bond donors (Lipinski definition) is 11. The van der Waals surface area contributed by atoms with Crippen LogP contribution in [0.4, 0.5) is 0 Å². The summed E-state index contributed by atoms with van der Waals surface area (Å²) in [4.78, 5) is 0. The lowest BCUT2D eigenvalue weighted by Crippen LogP contribution is -2.69. The summed E-state index contributed by atoms with van der Waals surface area (Å²) < 4.78 is 53.0.